The summed E-state index contributed by atoms with van der Waals surface area (Å²) in [6, 6.07) is 21.7. The molecule has 1 unspecified atom stereocenters. The van der Waals surface area contributed by atoms with E-state index in [1.807, 2.05) is 6.07 Å². The number of hydrogen-bond acceptors (Lipinski definition) is 4. The van der Waals surface area contributed by atoms with Crippen molar-refractivity contribution in [1.29, 1.82) is 5.26 Å². The van der Waals surface area contributed by atoms with E-state index in [4.69, 9.17) is 10.00 Å². The summed E-state index contributed by atoms with van der Waals surface area (Å²) in [7, 11) is 0. The van der Waals surface area contributed by atoms with Crippen LogP contribution in [0.1, 0.15) is 27.6 Å². The van der Waals surface area contributed by atoms with Crippen LogP contribution in [0.25, 0.3) is 0 Å². The van der Waals surface area contributed by atoms with Gasteiger partial charge in [-0.15, -0.1) is 0 Å². The molecule has 0 saturated heterocycles. The normalized spacial score (nSPS) is 11.1. The second kappa shape index (κ2) is 8.60. The zero-order valence-electron chi connectivity index (χ0n) is 14.6. The van der Waals surface area contributed by atoms with E-state index in [0.717, 1.165) is 0 Å². The minimum atomic E-state index is -1.20. The summed E-state index contributed by atoms with van der Waals surface area (Å²) in [6.07, 6.45) is -1.20. The maximum atomic E-state index is 13.1. The third-order valence-electron chi connectivity index (χ3n) is 3.93. The molecule has 1 N–H and O–H groups in total. The Hall–Kier alpha value is -3.98. The van der Waals surface area contributed by atoms with Gasteiger partial charge in [0.05, 0.1) is 17.2 Å². The third kappa shape index (κ3) is 4.59. The summed E-state index contributed by atoms with van der Waals surface area (Å²) in [6.45, 7) is 0. The average Bonchev–Trinajstić information content (AvgIpc) is 2.74. The second-order valence-electron chi connectivity index (χ2n) is 5.88. The highest BCUT2D eigenvalue weighted by atomic mass is 19.1. The van der Waals surface area contributed by atoms with Crippen LogP contribution < -0.4 is 5.32 Å². The van der Waals surface area contributed by atoms with E-state index in [1.165, 1.54) is 48.5 Å². The van der Waals surface area contributed by atoms with Gasteiger partial charge in [0, 0.05) is 11.3 Å². The quantitative estimate of drug-likeness (QED) is 0.678. The van der Waals surface area contributed by atoms with Gasteiger partial charge < -0.3 is 10.1 Å². The summed E-state index contributed by atoms with van der Waals surface area (Å²) in [4.78, 5) is 25.2. The number of benzene rings is 3. The van der Waals surface area contributed by atoms with Gasteiger partial charge in [-0.25, -0.2) is 9.18 Å². The predicted molar refractivity (Wildman–Crippen MR) is 101 cm³/mol. The number of nitrogens with one attached hydrogen (secondary N) is 1. The molecule has 5 nitrogen and oxygen atoms in total. The maximum absolute atomic E-state index is 13.1. The minimum absolute atomic E-state index is 0.217. The molecule has 1 amide bonds. The van der Waals surface area contributed by atoms with Gasteiger partial charge in [0.25, 0.3) is 5.91 Å². The Morgan fingerprint density at radius 3 is 2.18 bits per heavy atom. The molecule has 0 spiro atoms. The highest BCUT2D eigenvalue weighted by Gasteiger charge is 2.25. The molecule has 0 saturated carbocycles. The molecular formula is C22H15FN2O3. The lowest BCUT2D eigenvalue weighted by Gasteiger charge is -2.18. The Morgan fingerprint density at radius 2 is 1.57 bits per heavy atom. The minimum Gasteiger partial charge on any atom is -0.444 e. The monoisotopic (exact) mass is 374 g/mol. The van der Waals surface area contributed by atoms with Crippen LogP contribution in [-0.2, 0) is 9.53 Å². The molecule has 138 valence electrons. The molecule has 1 atom stereocenters. The van der Waals surface area contributed by atoms with Crippen LogP contribution in [0.3, 0.4) is 0 Å². The fourth-order valence-corrected chi connectivity index (χ4v) is 2.50. The van der Waals surface area contributed by atoms with Crippen LogP contribution in [-0.4, -0.2) is 11.9 Å². The third-order valence-corrected chi connectivity index (χ3v) is 3.93. The van der Waals surface area contributed by atoms with Gasteiger partial charge in [0.2, 0.25) is 6.10 Å². The van der Waals surface area contributed by atoms with E-state index in [9.17, 15) is 14.0 Å². The van der Waals surface area contributed by atoms with Crippen molar-refractivity contribution in [3.8, 4) is 6.07 Å². The molecular weight excluding hydrogens is 359 g/mol. The summed E-state index contributed by atoms with van der Waals surface area (Å²) in [5.74, 6) is -1.70. The van der Waals surface area contributed by atoms with Crippen LogP contribution >= 0.6 is 0 Å². The molecule has 3 aromatic carbocycles. The first kappa shape index (κ1) is 18.8. The summed E-state index contributed by atoms with van der Waals surface area (Å²) in [5, 5.41) is 11.5. The Labute approximate surface area is 161 Å². The van der Waals surface area contributed by atoms with Crippen molar-refractivity contribution in [2.45, 2.75) is 6.10 Å². The topological polar surface area (TPSA) is 79.2 Å². The first-order valence-electron chi connectivity index (χ1n) is 8.39. The lowest BCUT2D eigenvalue weighted by molar-refractivity contribution is -0.125. The summed E-state index contributed by atoms with van der Waals surface area (Å²) < 4.78 is 18.5. The Morgan fingerprint density at radius 1 is 0.929 bits per heavy atom. The number of esters is 1. The van der Waals surface area contributed by atoms with E-state index in [2.05, 4.69) is 5.32 Å². The van der Waals surface area contributed by atoms with Crippen molar-refractivity contribution in [2.24, 2.45) is 0 Å². The van der Waals surface area contributed by atoms with E-state index in [1.54, 1.807) is 30.3 Å². The Kier molecular flexibility index (Phi) is 5.78. The second-order valence-corrected chi connectivity index (χ2v) is 5.88. The molecule has 3 rings (SSSR count). The van der Waals surface area contributed by atoms with Crippen molar-refractivity contribution >= 4 is 17.6 Å². The van der Waals surface area contributed by atoms with Gasteiger partial charge in [-0.1, -0.05) is 30.3 Å². The lowest BCUT2D eigenvalue weighted by atomic mass is 10.1. The molecule has 0 aromatic heterocycles. The first-order chi connectivity index (χ1) is 13.6. The lowest BCUT2D eigenvalue weighted by Crippen LogP contribution is -2.26. The maximum Gasteiger partial charge on any atom is 0.339 e. The number of carbonyl (C=O) groups excluding carboxylic acids is 2. The molecule has 6 heteroatoms. The van der Waals surface area contributed by atoms with E-state index >= 15 is 0 Å². The van der Waals surface area contributed by atoms with Crippen LogP contribution in [0.4, 0.5) is 10.1 Å². The fraction of sp³-hybridized carbons (Fsp3) is 0.0455. The van der Waals surface area contributed by atoms with Gasteiger partial charge in [-0.3, -0.25) is 4.79 Å². The van der Waals surface area contributed by atoms with Crippen LogP contribution in [0.15, 0.2) is 78.9 Å². The van der Waals surface area contributed by atoms with Crippen molar-refractivity contribution in [1.82, 2.24) is 0 Å². The molecule has 0 radical (unpaired) electrons. The van der Waals surface area contributed by atoms with Crippen LogP contribution in [0.2, 0.25) is 0 Å². The fourth-order valence-electron chi connectivity index (χ4n) is 2.50. The standard InChI is InChI=1S/C22H15FN2O3/c23-18-10-12-19(13-11-18)25-21(26)20(16-4-2-1-3-5-16)28-22(27)17-8-6-15(14-24)7-9-17/h1-13,20H,(H,25,26). The Balaban J connectivity index is 1.82. The van der Waals surface area contributed by atoms with Crippen molar-refractivity contribution in [2.75, 3.05) is 5.32 Å². The highest BCUT2D eigenvalue weighted by molar-refractivity contribution is 5.98. The number of rotatable bonds is 5. The zero-order valence-corrected chi connectivity index (χ0v) is 14.6. The molecule has 0 heterocycles. The first-order valence-corrected chi connectivity index (χ1v) is 8.39. The smallest absolute Gasteiger partial charge is 0.339 e. The van der Waals surface area contributed by atoms with E-state index in [-0.39, 0.29) is 5.56 Å². The van der Waals surface area contributed by atoms with Crippen molar-refractivity contribution < 1.29 is 18.7 Å². The van der Waals surface area contributed by atoms with Crippen molar-refractivity contribution in [3.63, 3.8) is 0 Å². The number of amides is 1. The number of halogens is 1. The number of carbonyl (C=O) groups is 2. The number of nitriles is 1. The summed E-state index contributed by atoms with van der Waals surface area (Å²) in [5.41, 5.74) is 1.49. The Bertz CT molecular complexity index is 1010. The molecule has 28 heavy (non-hydrogen) atoms. The molecule has 0 fully saturated rings. The average molecular weight is 374 g/mol. The molecule has 0 aliphatic rings. The zero-order chi connectivity index (χ0) is 19.9. The highest BCUT2D eigenvalue weighted by Crippen LogP contribution is 2.22. The van der Waals surface area contributed by atoms with Crippen LogP contribution in [0.5, 0.6) is 0 Å². The predicted octanol–water partition coefficient (Wildman–Crippen LogP) is 4.23. The van der Waals surface area contributed by atoms with Crippen molar-refractivity contribution in [3.05, 3.63) is 101 Å². The number of hydrogen-bond donors (Lipinski definition) is 1. The van der Waals surface area contributed by atoms with Gasteiger partial charge in [-0.2, -0.15) is 5.26 Å². The number of anilines is 1. The van der Waals surface area contributed by atoms with Gasteiger partial charge in [0.1, 0.15) is 5.82 Å². The number of nitrogens with zero attached hydrogens (tertiary/aromatic N) is 1. The van der Waals surface area contributed by atoms with E-state index in [0.29, 0.717) is 16.8 Å². The molecule has 0 aliphatic carbocycles. The molecule has 3 aromatic rings. The molecule has 0 aliphatic heterocycles. The van der Waals surface area contributed by atoms with Gasteiger partial charge in [0.15, 0.2) is 0 Å². The SMILES string of the molecule is N#Cc1ccc(C(=O)OC(C(=O)Nc2ccc(F)cc2)c2ccccc2)cc1. The van der Waals surface area contributed by atoms with Gasteiger partial charge in [-0.05, 0) is 48.5 Å². The largest absolute Gasteiger partial charge is 0.444 e. The van der Waals surface area contributed by atoms with Gasteiger partial charge >= 0.3 is 5.97 Å². The van der Waals surface area contributed by atoms with Crippen LogP contribution in [0, 0.1) is 17.1 Å². The summed E-state index contributed by atoms with van der Waals surface area (Å²) >= 11 is 0. The van der Waals surface area contributed by atoms with E-state index < -0.39 is 23.8 Å². The number of ether oxygens (including phenoxy) is 1. The molecule has 0 bridgehead atoms.